The second kappa shape index (κ2) is 7.06. The van der Waals surface area contributed by atoms with Crippen molar-refractivity contribution < 1.29 is 34.2 Å². The molecular weight excluding hydrogens is 319 g/mol. The van der Waals surface area contributed by atoms with Gasteiger partial charge in [0.25, 0.3) is 0 Å². The molecule has 0 unspecified atom stereocenters. The minimum atomic E-state index is -1.48. The molecule has 3 aliphatic rings. The van der Waals surface area contributed by atoms with Gasteiger partial charge >= 0.3 is 113 Å². The van der Waals surface area contributed by atoms with Crippen LogP contribution in [0.5, 0.6) is 0 Å². The van der Waals surface area contributed by atoms with E-state index in [4.69, 9.17) is 0 Å². The fourth-order valence-electron chi connectivity index (χ4n) is 3.42. The summed E-state index contributed by atoms with van der Waals surface area (Å²) >= 11 is -1.48. The largest absolute Gasteiger partial charge is 1.00 e. The molecule has 0 heterocycles. The molecule has 0 aliphatic heterocycles. The van der Waals surface area contributed by atoms with E-state index < -0.39 is 21.8 Å². The predicted molar refractivity (Wildman–Crippen MR) is 70.5 cm³/mol. The third-order valence-electron chi connectivity index (χ3n) is 4.25. The molecule has 0 aromatic rings. The van der Waals surface area contributed by atoms with E-state index in [1.54, 1.807) is 0 Å². The third kappa shape index (κ3) is 3.17. The van der Waals surface area contributed by atoms with Gasteiger partial charge in [-0.15, -0.1) is 0 Å². The SMILES string of the molecule is C1=CC[C]([Zr+]([C]2=CC=CC2)[CH]2CCCCC2)=C1.[Cl-]. The summed E-state index contributed by atoms with van der Waals surface area (Å²) in [6.07, 6.45) is 24.3. The second-order valence-electron chi connectivity index (χ2n) is 5.40. The van der Waals surface area contributed by atoms with Crippen LogP contribution < -0.4 is 12.4 Å². The molecule has 1 saturated carbocycles. The summed E-state index contributed by atoms with van der Waals surface area (Å²) in [6.45, 7) is 0. The second-order valence-corrected chi connectivity index (χ2v) is 12.6. The zero-order chi connectivity index (χ0) is 11.5. The van der Waals surface area contributed by atoms with Crippen molar-refractivity contribution in [3.8, 4) is 0 Å². The van der Waals surface area contributed by atoms with Crippen LogP contribution in [0.1, 0.15) is 44.9 Å². The number of halogens is 1. The van der Waals surface area contributed by atoms with Crippen molar-refractivity contribution in [3.05, 3.63) is 43.0 Å². The average molecular weight is 340 g/mol. The molecule has 0 amide bonds. The van der Waals surface area contributed by atoms with Crippen LogP contribution in [0.15, 0.2) is 43.0 Å². The van der Waals surface area contributed by atoms with Crippen LogP contribution >= 0.6 is 0 Å². The smallest absolute Gasteiger partial charge is 1.00 e. The first kappa shape index (κ1) is 14.5. The van der Waals surface area contributed by atoms with Crippen LogP contribution in [-0.4, -0.2) is 0 Å². The zero-order valence-electron chi connectivity index (χ0n) is 10.9. The first-order valence-electron chi connectivity index (χ1n) is 7.04. The quantitative estimate of drug-likeness (QED) is 0.738. The van der Waals surface area contributed by atoms with Gasteiger partial charge < -0.3 is 12.4 Å². The molecule has 0 spiro atoms. The van der Waals surface area contributed by atoms with Crippen LogP contribution in [0.4, 0.5) is 0 Å². The van der Waals surface area contributed by atoms with Crippen molar-refractivity contribution in [2.75, 3.05) is 0 Å². The molecule has 0 bridgehead atoms. The van der Waals surface area contributed by atoms with Crippen molar-refractivity contribution >= 4 is 0 Å². The summed E-state index contributed by atoms with van der Waals surface area (Å²) in [5.74, 6) is 0. The van der Waals surface area contributed by atoms with Crippen molar-refractivity contribution in [1.29, 1.82) is 0 Å². The maximum Gasteiger partial charge on any atom is -1.00 e. The van der Waals surface area contributed by atoms with Gasteiger partial charge in [0.15, 0.2) is 0 Å². The molecule has 0 aromatic heterocycles. The normalized spacial score (nSPS) is 22.7. The van der Waals surface area contributed by atoms with Gasteiger partial charge in [-0.05, 0) is 0 Å². The van der Waals surface area contributed by atoms with Gasteiger partial charge in [-0.3, -0.25) is 0 Å². The predicted octanol–water partition coefficient (Wildman–Crippen LogP) is 2.05. The first-order chi connectivity index (χ1) is 8.45. The van der Waals surface area contributed by atoms with Gasteiger partial charge in [0.2, 0.25) is 0 Å². The summed E-state index contributed by atoms with van der Waals surface area (Å²) in [5.41, 5.74) is 0. The van der Waals surface area contributed by atoms with E-state index in [2.05, 4.69) is 36.5 Å². The summed E-state index contributed by atoms with van der Waals surface area (Å²) < 4.78 is 4.85. The molecule has 3 aliphatic carbocycles. The number of allylic oxidation sites excluding steroid dienone is 8. The molecule has 0 atom stereocenters. The van der Waals surface area contributed by atoms with Crippen LogP contribution in [0, 0.1) is 0 Å². The van der Waals surface area contributed by atoms with Gasteiger partial charge in [-0.1, -0.05) is 0 Å². The van der Waals surface area contributed by atoms with Crippen molar-refractivity contribution in [1.82, 2.24) is 0 Å². The third-order valence-corrected chi connectivity index (χ3v) is 12.9. The summed E-state index contributed by atoms with van der Waals surface area (Å²) in [4.78, 5) is 0. The Balaban J connectivity index is 0.00000120. The maximum absolute atomic E-state index is 2.46. The molecular formula is C16H21ClZr. The van der Waals surface area contributed by atoms with E-state index in [1.807, 2.05) is 6.56 Å². The summed E-state index contributed by atoms with van der Waals surface area (Å²) in [5, 5.41) is 0. The monoisotopic (exact) mass is 338 g/mol. The van der Waals surface area contributed by atoms with Crippen LogP contribution in [-0.2, 0) is 21.8 Å². The van der Waals surface area contributed by atoms with E-state index in [9.17, 15) is 0 Å². The number of hydrogen-bond donors (Lipinski definition) is 0. The van der Waals surface area contributed by atoms with Crippen LogP contribution in [0.25, 0.3) is 0 Å². The molecule has 0 saturated heterocycles. The maximum atomic E-state index is 2.46. The van der Waals surface area contributed by atoms with Gasteiger partial charge in [0.1, 0.15) is 0 Å². The minimum absolute atomic E-state index is 0. The molecule has 18 heavy (non-hydrogen) atoms. The fraction of sp³-hybridized carbons (Fsp3) is 0.500. The van der Waals surface area contributed by atoms with E-state index in [-0.39, 0.29) is 12.4 Å². The molecule has 96 valence electrons. The molecule has 2 heteroatoms. The minimum Gasteiger partial charge on any atom is -1.00 e. The molecule has 1 fully saturated rings. The number of hydrogen-bond acceptors (Lipinski definition) is 0. The van der Waals surface area contributed by atoms with E-state index >= 15 is 0 Å². The van der Waals surface area contributed by atoms with Gasteiger partial charge in [0.05, 0.1) is 0 Å². The molecule has 0 aromatic carbocycles. The Bertz CT molecular complexity index is 367. The summed E-state index contributed by atoms with van der Waals surface area (Å²) in [7, 11) is 0. The van der Waals surface area contributed by atoms with E-state index in [0.717, 1.165) is 3.63 Å². The molecule has 0 radical (unpaired) electrons. The topological polar surface area (TPSA) is 0 Å². The van der Waals surface area contributed by atoms with Gasteiger partial charge in [0, 0.05) is 0 Å². The van der Waals surface area contributed by atoms with Crippen molar-refractivity contribution in [2.45, 2.75) is 48.6 Å². The Kier molecular flexibility index (Phi) is 5.70. The Morgan fingerprint density at radius 2 is 1.39 bits per heavy atom. The zero-order valence-corrected chi connectivity index (χ0v) is 14.1. The number of rotatable bonds is 3. The Morgan fingerprint density at radius 3 is 1.83 bits per heavy atom. The van der Waals surface area contributed by atoms with Crippen molar-refractivity contribution in [3.63, 3.8) is 0 Å². The van der Waals surface area contributed by atoms with E-state index in [1.165, 1.54) is 44.9 Å². The average Bonchev–Trinajstić information content (AvgIpc) is 3.04. The fourth-order valence-corrected chi connectivity index (χ4v) is 12.4. The van der Waals surface area contributed by atoms with Gasteiger partial charge in [-0.25, -0.2) is 0 Å². The van der Waals surface area contributed by atoms with Crippen LogP contribution in [0.3, 0.4) is 0 Å². The Labute approximate surface area is 125 Å². The van der Waals surface area contributed by atoms with E-state index in [0.29, 0.717) is 0 Å². The van der Waals surface area contributed by atoms with Crippen LogP contribution in [0.2, 0.25) is 3.63 Å². The molecule has 0 nitrogen and oxygen atoms in total. The molecule has 0 N–H and O–H groups in total. The van der Waals surface area contributed by atoms with Crippen molar-refractivity contribution in [2.24, 2.45) is 0 Å². The Morgan fingerprint density at radius 1 is 0.833 bits per heavy atom. The first-order valence-corrected chi connectivity index (χ1v) is 10.9. The van der Waals surface area contributed by atoms with Gasteiger partial charge in [-0.2, -0.15) is 0 Å². The summed E-state index contributed by atoms with van der Waals surface area (Å²) in [6, 6.07) is 0. The standard InChI is InChI=1S/C6H11.2C5H5.ClH.Zr/c1-2-4-6-5-3-1;2*1-2-4-5-3-1;;/h1H,2-6H2;2*1-3H,4H2;1H;/q;;;;+1/p-1. The Hall–Kier alpha value is 0.133. The molecule has 3 rings (SSSR count).